The van der Waals surface area contributed by atoms with Gasteiger partial charge in [0.1, 0.15) is 5.76 Å². The van der Waals surface area contributed by atoms with Gasteiger partial charge in [-0.1, -0.05) is 0 Å². The maximum absolute atomic E-state index is 12.7. The molecule has 2 aliphatic heterocycles. The first-order chi connectivity index (χ1) is 15.0. The van der Waals surface area contributed by atoms with Crippen molar-refractivity contribution in [1.82, 2.24) is 9.80 Å². The lowest BCUT2D eigenvalue weighted by Gasteiger charge is -2.43. The third-order valence-electron chi connectivity index (χ3n) is 5.63. The SMILES string of the molecule is CCOC(=O)c1ccc(NC(=O)N2CCC3(CC2)SCC(=O)N3Cc2ccco2)cc1. The molecule has 0 atom stereocenters. The number of benzene rings is 1. The summed E-state index contributed by atoms with van der Waals surface area (Å²) in [5, 5.41) is 2.88. The van der Waals surface area contributed by atoms with Gasteiger partial charge in [0.15, 0.2) is 0 Å². The standard InChI is InChI=1S/C22H25N3O5S/c1-2-29-20(27)16-5-7-17(8-6-16)23-21(28)24-11-9-22(10-12-24)25(19(26)15-31-22)14-18-4-3-13-30-18/h3-8,13H,2,9-12,14-15H2,1H3,(H,23,28). The molecule has 4 rings (SSSR count). The highest BCUT2D eigenvalue weighted by Gasteiger charge is 2.48. The second kappa shape index (κ2) is 9.05. The molecule has 0 radical (unpaired) electrons. The lowest BCUT2D eigenvalue weighted by Crippen LogP contribution is -2.53. The normalized spacial score (nSPS) is 17.8. The van der Waals surface area contributed by atoms with Crippen molar-refractivity contribution in [2.24, 2.45) is 0 Å². The van der Waals surface area contributed by atoms with Crippen LogP contribution in [-0.2, 0) is 16.1 Å². The van der Waals surface area contributed by atoms with Crippen LogP contribution in [0.5, 0.6) is 0 Å². The Morgan fingerprint density at radius 3 is 2.58 bits per heavy atom. The minimum Gasteiger partial charge on any atom is -0.467 e. The number of hydrogen-bond donors (Lipinski definition) is 1. The van der Waals surface area contributed by atoms with Crippen LogP contribution in [0.1, 0.15) is 35.9 Å². The van der Waals surface area contributed by atoms with Crippen LogP contribution in [-0.4, -0.2) is 58.0 Å². The monoisotopic (exact) mass is 443 g/mol. The lowest BCUT2D eigenvalue weighted by molar-refractivity contribution is -0.132. The number of hydrogen-bond acceptors (Lipinski definition) is 6. The number of likely N-dealkylation sites (tertiary alicyclic amines) is 1. The van der Waals surface area contributed by atoms with E-state index < -0.39 is 0 Å². The second-order valence-corrected chi connectivity index (χ2v) is 8.85. The highest BCUT2D eigenvalue weighted by atomic mass is 32.2. The van der Waals surface area contributed by atoms with E-state index in [4.69, 9.17) is 9.15 Å². The minimum absolute atomic E-state index is 0.112. The molecule has 2 fully saturated rings. The van der Waals surface area contributed by atoms with Gasteiger partial charge in [0.05, 0.1) is 35.6 Å². The maximum Gasteiger partial charge on any atom is 0.338 e. The summed E-state index contributed by atoms with van der Waals surface area (Å²) >= 11 is 1.66. The Morgan fingerprint density at radius 2 is 1.94 bits per heavy atom. The molecule has 0 bridgehead atoms. The number of rotatable bonds is 5. The maximum atomic E-state index is 12.7. The number of furan rings is 1. The number of nitrogens with one attached hydrogen (secondary N) is 1. The molecule has 3 heterocycles. The first-order valence-electron chi connectivity index (χ1n) is 10.3. The van der Waals surface area contributed by atoms with Crippen LogP contribution in [0.3, 0.4) is 0 Å². The zero-order chi connectivity index (χ0) is 21.8. The molecule has 2 aromatic rings. The highest BCUT2D eigenvalue weighted by Crippen LogP contribution is 2.45. The van der Waals surface area contributed by atoms with Crippen LogP contribution in [0, 0.1) is 0 Å². The first kappa shape index (κ1) is 21.3. The minimum atomic E-state index is -0.385. The predicted molar refractivity (Wildman–Crippen MR) is 117 cm³/mol. The van der Waals surface area contributed by atoms with Crippen LogP contribution in [0.15, 0.2) is 47.1 Å². The zero-order valence-electron chi connectivity index (χ0n) is 17.3. The summed E-state index contributed by atoms with van der Waals surface area (Å²) in [6.45, 7) is 3.64. The molecule has 1 aromatic carbocycles. The van der Waals surface area contributed by atoms with Crippen molar-refractivity contribution in [3.63, 3.8) is 0 Å². The van der Waals surface area contributed by atoms with E-state index in [2.05, 4.69) is 5.32 Å². The molecule has 1 aromatic heterocycles. The summed E-state index contributed by atoms with van der Waals surface area (Å²) in [6.07, 6.45) is 3.03. The van der Waals surface area contributed by atoms with Gasteiger partial charge in [0.25, 0.3) is 0 Å². The third kappa shape index (κ3) is 4.56. The summed E-state index contributed by atoms with van der Waals surface area (Å²) in [6, 6.07) is 10.1. The Morgan fingerprint density at radius 1 is 1.19 bits per heavy atom. The molecule has 0 unspecified atom stereocenters. The average molecular weight is 444 g/mol. The first-order valence-corrected chi connectivity index (χ1v) is 11.3. The van der Waals surface area contributed by atoms with Crippen LogP contribution in [0.4, 0.5) is 10.5 Å². The largest absolute Gasteiger partial charge is 0.467 e. The number of amides is 3. The highest BCUT2D eigenvalue weighted by molar-refractivity contribution is 8.01. The summed E-state index contributed by atoms with van der Waals surface area (Å²) in [4.78, 5) is 40.3. The van der Waals surface area contributed by atoms with Gasteiger partial charge in [-0.15, -0.1) is 11.8 Å². The van der Waals surface area contributed by atoms with Gasteiger partial charge in [-0.25, -0.2) is 9.59 Å². The van der Waals surface area contributed by atoms with Crippen molar-refractivity contribution >= 4 is 35.4 Å². The summed E-state index contributed by atoms with van der Waals surface area (Å²) in [5.41, 5.74) is 1.06. The van der Waals surface area contributed by atoms with Crippen LogP contribution in [0.25, 0.3) is 0 Å². The molecule has 8 nitrogen and oxygen atoms in total. The molecular weight excluding hydrogens is 418 g/mol. The predicted octanol–water partition coefficient (Wildman–Crippen LogP) is 3.56. The molecule has 0 saturated carbocycles. The molecule has 2 aliphatic rings. The van der Waals surface area contributed by atoms with E-state index in [0.29, 0.717) is 56.1 Å². The second-order valence-electron chi connectivity index (χ2n) is 7.51. The number of ether oxygens (including phenoxy) is 1. The molecule has 2 saturated heterocycles. The fourth-order valence-corrected chi connectivity index (χ4v) is 5.29. The van der Waals surface area contributed by atoms with E-state index in [9.17, 15) is 14.4 Å². The molecule has 31 heavy (non-hydrogen) atoms. The number of esters is 1. The molecule has 0 aliphatic carbocycles. The van der Waals surface area contributed by atoms with Crippen molar-refractivity contribution in [1.29, 1.82) is 0 Å². The Balaban J connectivity index is 1.34. The van der Waals surface area contributed by atoms with Crippen molar-refractivity contribution in [2.75, 3.05) is 30.8 Å². The molecular formula is C22H25N3O5S. The number of nitrogens with zero attached hydrogens (tertiary/aromatic N) is 2. The van der Waals surface area contributed by atoms with Crippen molar-refractivity contribution in [3.8, 4) is 0 Å². The van der Waals surface area contributed by atoms with E-state index in [0.717, 1.165) is 5.76 Å². The number of carbonyl (C=O) groups excluding carboxylic acids is 3. The van der Waals surface area contributed by atoms with Gasteiger partial charge < -0.3 is 24.3 Å². The van der Waals surface area contributed by atoms with Crippen LogP contribution < -0.4 is 5.32 Å². The molecule has 1 spiro atoms. The summed E-state index contributed by atoms with van der Waals surface area (Å²) in [7, 11) is 0. The Kier molecular flexibility index (Phi) is 6.22. The molecule has 164 valence electrons. The van der Waals surface area contributed by atoms with E-state index in [-0.39, 0.29) is 22.8 Å². The van der Waals surface area contributed by atoms with Gasteiger partial charge in [0.2, 0.25) is 5.91 Å². The zero-order valence-corrected chi connectivity index (χ0v) is 18.2. The van der Waals surface area contributed by atoms with Crippen molar-refractivity contribution in [3.05, 3.63) is 54.0 Å². The van der Waals surface area contributed by atoms with Gasteiger partial charge in [-0.3, -0.25) is 4.79 Å². The molecule has 9 heteroatoms. The smallest absolute Gasteiger partial charge is 0.338 e. The summed E-state index contributed by atoms with van der Waals surface area (Å²) < 4.78 is 10.4. The van der Waals surface area contributed by atoms with E-state index in [1.54, 1.807) is 54.1 Å². The molecule has 1 N–H and O–H groups in total. The number of urea groups is 1. The Bertz CT molecular complexity index is 937. The van der Waals surface area contributed by atoms with Crippen LogP contribution >= 0.6 is 11.8 Å². The van der Waals surface area contributed by atoms with Gasteiger partial charge in [-0.05, 0) is 56.2 Å². The quantitative estimate of drug-likeness (QED) is 0.711. The third-order valence-corrected chi connectivity index (χ3v) is 7.19. The van der Waals surface area contributed by atoms with E-state index in [1.165, 1.54) is 0 Å². The van der Waals surface area contributed by atoms with Crippen LogP contribution in [0.2, 0.25) is 0 Å². The number of piperidine rings is 1. The average Bonchev–Trinajstić information content (AvgIpc) is 3.39. The number of carbonyl (C=O) groups is 3. The van der Waals surface area contributed by atoms with E-state index >= 15 is 0 Å². The molecule has 3 amide bonds. The summed E-state index contributed by atoms with van der Waals surface area (Å²) in [5.74, 6) is 0.951. The Labute approximate surface area is 184 Å². The van der Waals surface area contributed by atoms with Gasteiger partial charge in [-0.2, -0.15) is 0 Å². The van der Waals surface area contributed by atoms with E-state index in [1.807, 2.05) is 17.0 Å². The van der Waals surface area contributed by atoms with Crippen molar-refractivity contribution in [2.45, 2.75) is 31.2 Å². The number of thioether (sulfide) groups is 1. The topological polar surface area (TPSA) is 92.1 Å². The Hall–Kier alpha value is -2.94. The van der Waals surface area contributed by atoms with Gasteiger partial charge in [0, 0.05) is 18.8 Å². The lowest BCUT2D eigenvalue weighted by atomic mass is 10.0. The fraction of sp³-hybridized carbons (Fsp3) is 0.409. The van der Waals surface area contributed by atoms with Gasteiger partial charge >= 0.3 is 12.0 Å². The number of anilines is 1. The van der Waals surface area contributed by atoms with Crippen molar-refractivity contribution < 1.29 is 23.5 Å². The fourth-order valence-electron chi connectivity index (χ4n) is 3.95.